The van der Waals surface area contributed by atoms with E-state index in [9.17, 15) is 10.1 Å². The summed E-state index contributed by atoms with van der Waals surface area (Å²) in [6, 6.07) is 5.24. The number of nitrogens with zero attached hydrogens (tertiary/aromatic N) is 1. The Kier molecular flexibility index (Phi) is 3.46. The first-order valence-corrected chi connectivity index (χ1v) is 6.67. The lowest BCUT2D eigenvalue weighted by Gasteiger charge is -2.15. The first-order chi connectivity index (χ1) is 9.18. The van der Waals surface area contributed by atoms with Gasteiger partial charge in [-0.25, -0.2) is 0 Å². The molecule has 0 bridgehead atoms. The highest BCUT2D eigenvalue weighted by Gasteiger charge is 2.21. The van der Waals surface area contributed by atoms with Crippen molar-refractivity contribution in [3.8, 4) is 5.75 Å². The summed E-state index contributed by atoms with van der Waals surface area (Å²) in [7, 11) is 0. The van der Waals surface area contributed by atoms with Crippen molar-refractivity contribution in [1.29, 1.82) is 0 Å². The predicted octanol–water partition coefficient (Wildman–Crippen LogP) is 4.16. The predicted molar refractivity (Wildman–Crippen MR) is 79.4 cm³/mol. The summed E-state index contributed by atoms with van der Waals surface area (Å²) in [5, 5.41) is 12.0. The number of ether oxygens (including phenoxy) is 1. The van der Waals surface area contributed by atoms with Crippen LogP contribution in [0, 0.1) is 10.1 Å². The Hall–Kier alpha value is -2.04. The van der Waals surface area contributed by atoms with Crippen LogP contribution in [-0.4, -0.2) is 16.0 Å². The van der Waals surface area contributed by atoms with Gasteiger partial charge in [-0.1, -0.05) is 20.8 Å². The fourth-order valence-corrected chi connectivity index (χ4v) is 2.04. The number of rotatable bonds is 3. The lowest BCUT2D eigenvalue weighted by molar-refractivity contribution is -0.385. The maximum absolute atomic E-state index is 11.2. The molecular weight excluding hydrogens is 256 g/mol. The number of nitro groups is 1. The van der Waals surface area contributed by atoms with Crippen LogP contribution in [0.3, 0.4) is 0 Å². The van der Waals surface area contributed by atoms with Crippen molar-refractivity contribution in [3.63, 3.8) is 0 Å². The summed E-state index contributed by atoms with van der Waals surface area (Å²) in [6.07, 6.45) is -0.108. The van der Waals surface area contributed by atoms with Crippen LogP contribution in [0.1, 0.15) is 40.3 Å². The zero-order valence-electron chi connectivity index (χ0n) is 12.5. The van der Waals surface area contributed by atoms with E-state index in [4.69, 9.17) is 4.74 Å². The summed E-state index contributed by atoms with van der Waals surface area (Å²) in [5.74, 6) is 0.305. The van der Waals surface area contributed by atoms with E-state index in [0.717, 1.165) is 16.6 Å². The van der Waals surface area contributed by atoms with Gasteiger partial charge in [0.15, 0.2) is 5.75 Å². The monoisotopic (exact) mass is 276 g/mol. The molecule has 2 aromatic rings. The molecule has 0 saturated heterocycles. The van der Waals surface area contributed by atoms with Gasteiger partial charge in [0.2, 0.25) is 0 Å². The lowest BCUT2D eigenvalue weighted by Crippen LogP contribution is -2.10. The molecule has 0 aliphatic rings. The maximum atomic E-state index is 11.2. The zero-order valence-corrected chi connectivity index (χ0v) is 12.5. The second-order valence-electron chi connectivity index (χ2n) is 6.26. The molecule has 1 aromatic heterocycles. The molecule has 0 saturated carbocycles. The largest absolute Gasteiger partial charge is 0.484 e. The SMILES string of the molecule is CC(C)Oc1cc2[nH]c(C(C)(C)C)cc2cc1[N+](=O)[O-]. The molecule has 1 N–H and O–H groups in total. The Morgan fingerprint density at radius 3 is 2.40 bits per heavy atom. The Balaban J connectivity index is 2.61. The Labute approximate surface area is 118 Å². The van der Waals surface area contributed by atoms with Crippen LogP contribution < -0.4 is 4.74 Å². The molecule has 0 atom stereocenters. The Morgan fingerprint density at radius 2 is 1.90 bits per heavy atom. The van der Waals surface area contributed by atoms with E-state index in [2.05, 4.69) is 25.8 Å². The maximum Gasteiger partial charge on any atom is 0.311 e. The number of aromatic nitrogens is 1. The highest BCUT2D eigenvalue weighted by Crippen LogP contribution is 2.35. The lowest BCUT2D eigenvalue weighted by atomic mass is 9.92. The summed E-state index contributed by atoms with van der Waals surface area (Å²) in [5.41, 5.74) is 1.87. The van der Waals surface area contributed by atoms with E-state index in [0.29, 0.717) is 5.75 Å². The molecule has 2 rings (SSSR count). The van der Waals surface area contributed by atoms with Gasteiger partial charge in [0.1, 0.15) is 0 Å². The molecule has 0 aliphatic carbocycles. The molecule has 0 aliphatic heterocycles. The molecule has 1 heterocycles. The number of nitro benzene ring substituents is 1. The first kappa shape index (κ1) is 14.4. The number of fused-ring (bicyclic) bond motifs is 1. The number of hydrogen-bond donors (Lipinski definition) is 1. The van der Waals surface area contributed by atoms with Gasteiger partial charge in [0, 0.05) is 34.1 Å². The summed E-state index contributed by atoms with van der Waals surface area (Å²) < 4.78 is 5.55. The van der Waals surface area contributed by atoms with E-state index < -0.39 is 4.92 Å². The van der Waals surface area contributed by atoms with Crippen molar-refractivity contribution >= 4 is 16.6 Å². The highest BCUT2D eigenvalue weighted by atomic mass is 16.6. The Bertz CT molecular complexity index is 651. The minimum Gasteiger partial charge on any atom is -0.484 e. The van der Waals surface area contributed by atoms with Crippen molar-refractivity contribution in [3.05, 3.63) is 34.0 Å². The van der Waals surface area contributed by atoms with Crippen molar-refractivity contribution in [2.75, 3.05) is 0 Å². The van der Waals surface area contributed by atoms with Crippen LogP contribution in [0.15, 0.2) is 18.2 Å². The van der Waals surface area contributed by atoms with Gasteiger partial charge in [-0.3, -0.25) is 10.1 Å². The van der Waals surface area contributed by atoms with Crippen molar-refractivity contribution in [2.24, 2.45) is 0 Å². The second-order valence-corrected chi connectivity index (χ2v) is 6.26. The van der Waals surface area contributed by atoms with Gasteiger partial charge in [-0.2, -0.15) is 0 Å². The molecule has 5 nitrogen and oxygen atoms in total. The molecule has 1 aromatic carbocycles. The van der Waals surface area contributed by atoms with E-state index in [1.165, 1.54) is 0 Å². The number of hydrogen-bond acceptors (Lipinski definition) is 3. The number of benzene rings is 1. The van der Waals surface area contributed by atoms with Gasteiger partial charge < -0.3 is 9.72 Å². The molecule has 0 radical (unpaired) electrons. The van der Waals surface area contributed by atoms with Crippen molar-refractivity contribution in [2.45, 2.75) is 46.1 Å². The van der Waals surface area contributed by atoms with Crippen molar-refractivity contribution < 1.29 is 9.66 Å². The smallest absolute Gasteiger partial charge is 0.311 e. The normalized spacial score (nSPS) is 12.1. The topological polar surface area (TPSA) is 68.2 Å². The quantitative estimate of drug-likeness (QED) is 0.676. The molecule has 0 unspecified atom stereocenters. The van der Waals surface area contributed by atoms with E-state index in [1.54, 1.807) is 12.1 Å². The van der Waals surface area contributed by atoms with Crippen LogP contribution in [0.2, 0.25) is 0 Å². The standard InChI is InChI=1S/C15H20N2O3/c1-9(2)20-13-8-11-10(6-12(13)17(18)19)7-14(16-11)15(3,4)5/h6-9,16H,1-5H3. The van der Waals surface area contributed by atoms with Gasteiger partial charge in [-0.05, 0) is 19.9 Å². The van der Waals surface area contributed by atoms with Crippen LogP contribution >= 0.6 is 0 Å². The van der Waals surface area contributed by atoms with Gasteiger partial charge in [0.25, 0.3) is 0 Å². The molecule has 108 valence electrons. The van der Waals surface area contributed by atoms with Crippen LogP contribution in [0.5, 0.6) is 5.75 Å². The fourth-order valence-electron chi connectivity index (χ4n) is 2.04. The zero-order chi connectivity index (χ0) is 15.1. The average molecular weight is 276 g/mol. The fraction of sp³-hybridized carbons (Fsp3) is 0.467. The van der Waals surface area contributed by atoms with E-state index >= 15 is 0 Å². The third-order valence-corrected chi connectivity index (χ3v) is 3.07. The van der Waals surface area contributed by atoms with Crippen LogP contribution in [0.4, 0.5) is 5.69 Å². The first-order valence-electron chi connectivity index (χ1n) is 6.67. The molecular formula is C15H20N2O3. The molecule has 20 heavy (non-hydrogen) atoms. The minimum absolute atomic E-state index is 0.00524. The van der Waals surface area contributed by atoms with E-state index in [1.807, 2.05) is 19.9 Å². The summed E-state index contributed by atoms with van der Waals surface area (Å²) in [6.45, 7) is 9.99. The third kappa shape index (κ3) is 2.76. The summed E-state index contributed by atoms with van der Waals surface area (Å²) >= 11 is 0. The van der Waals surface area contributed by atoms with Gasteiger partial charge in [-0.15, -0.1) is 0 Å². The number of aromatic amines is 1. The van der Waals surface area contributed by atoms with Crippen LogP contribution in [-0.2, 0) is 5.41 Å². The number of nitrogens with one attached hydrogen (secondary N) is 1. The summed E-state index contributed by atoms with van der Waals surface area (Å²) in [4.78, 5) is 14.1. The molecule has 0 spiro atoms. The highest BCUT2D eigenvalue weighted by molar-refractivity contribution is 5.85. The Morgan fingerprint density at radius 1 is 1.25 bits per heavy atom. The molecule has 5 heteroatoms. The molecule has 0 fully saturated rings. The minimum atomic E-state index is -0.402. The van der Waals surface area contributed by atoms with Gasteiger partial charge in [0.05, 0.1) is 11.0 Å². The number of H-pyrrole nitrogens is 1. The molecule has 0 amide bonds. The third-order valence-electron chi connectivity index (χ3n) is 3.07. The van der Waals surface area contributed by atoms with Crippen molar-refractivity contribution in [1.82, 2.24) is 4.98 Å². The average Bonchev–Trinajstić information content (AvgIpc) is 2.69. The van der Waals surface area contributed by atoms with Crippen LogP contribution in [0.25, 0.3) is 10.9 Å². The van der Waals surface area contributed by atoms with E-state index in [-0.39, 0.29) is 17.2 Å². The second kappa shape index (κ2) is 4.81. The van der Waals surface area contributed by atoms with Gasteiger partial charge >= 0.3 is 5.69 Å².